The van der Waals surface area contributed by atoms with E-state index < -0.39 is 0 Å². The van der Waals surface area contributed by atoms with E-state index >= 15 is 0 Å². The van der Waals surface area contributed by atoms with Crippen molar-refractivity contribution < 1.29 is 26.5 Å². The molecule has 30 aromatic heterocycles. The Kier molecular flexibility index (Phi) is 25.1. The predicted molar refractivity (Wildman–Crippen MR) is 570 cm³/mol. The summed E-state index contributed by atoms with van der Waals surface area (Å²) in [4.78, 5) is 123. The van der Waals surface area contributed by atoms with E-state index in [0.717, 1.165) is 197 Å². The largest absolute Gasteiger partial charge is 0.453 e. The van der Waals surface area contributed by atoms with E-state index in [1.54, 1.807) is 194 Å². The van der Waals surface area contributed by atoms with Crippen molar-refractivity contribution in [3.63, 3.8) is 0 Å². The number of fused-ring (bicyclic) bond motifs is 35. The molecule has 36 nitrogen and oxygen atoms in total. The molecule has 30 heterocycles. The van der Waals surface area contributed by atoms with Crippen LogP contribution in [0.15, 0.2) is 396 Å². The zero-order valence-corrected chi connectivity index (χ0v) is 79.6. The number of rotatable bonds is 0. The van der Waals surface area contributed by atoms with Crippen LogP contribution in [0.5, 0.6) is 0 Å². The van der Waals surface area contributed by atoms with Gasteiger partial charge in [-0.3, -0.25) is 29.9 Å². The second kappa shape index (κ2) is 41.1. The summed E-state index contributed by atoms with van der Waals surface area (Å²) >= 11 is 8.41. The molecular weight excluding hydrogens is 1950 g/mol. The molecule has 0 saturated heterocycles. The maximum atomic E-state index is 5.84. The molecule has 0 saturated carbocycles. The zero-order valence-electron chi connectivity index (χ0n) is 75.5. The van der Waals surface area contributed by atoms with Gasteiger partial charge in [0.15, 0.2) is 44.7 Å². The van der Waals surface area contributed by atoms with Crippen LogP contribution in [-0.2, 0) is 0 Å². The van der Waals surface area contributed by atoms with E-state index in [-0.39, 0.29) is 0 Å². The lowest BCUT2D eigenvalue weighted by molar-refractivity contribution is 0.651. The summed E-state index contributed by atoms with van der Waals surface area (Å²) in [6.45, 7) is 0. The van der Waals surface area contributed by atoms with Crippen LogP contribution >= 0.6 is 56.7 Å². The average molecular weight is 2010 g/mol. The number of thiophene rings is 5. The summed E-state index contributed by atoms with van der Waals surface area (Å²) in [5, 5.41) is 11.8. The number of para-hydroxylation sites is 1. The highest BCUT2D eigenvalue weighted by Crippen LogP contribution is 2.39. The molecule has 34 aromatic rings. The quantitative estimate of drug-likeness (QED) is 0.136. The van der Waals surface area contributed by atoms with Crippen molar-refractivity contribution >= 4 is 302 Å². The van der Waals surface area contributed by atoms with Crippen LogP contribution < -0.4 is 0 Å². The lowest BCUT2D eigenvalue weighted by atomic mass is 10.1. The molecule has 0 N–H and O–H groups in total. The first-order chi connectivity index (χ1) is 72.9. The molecule has 0 aliphatic rings. The molecule has 147 heavy (non-hydrogen) atoms. The van der Waals surface area contributed by atoms with Gasteiger partial charge in [0.1, 0.15) is 141 Å². The number of hydrogen-bond acceptors (Lipinski definition) is 41. The molecule has 700 valence electrons. The van der Waals surface area contributed by atoms with Gasteiger partial charge >= 0.3 is 0 Å². The van der Waals surface area contributed by atoms with E-state index in [4.69, 9.17) is 26.5 Å². The van der Waals surface area contributed by atoms with Gasteiger partial charge in [-0.15, -0.1) is 56.7 Å². The Morgan fingerprint density at radius 1 is 0.150 bits per heavy atom. The van der Waals surface area contributed by atoms with Crippen molar-refractivity contribution in [2.45, 2.75) is 0 Å². The molecule has 0 spiro atoms. The van der Waals surface area contributed by atoms with Crippen molar-refractivity contribution in [2.24, 2.45) is 0 Å². The lowest BCUT2D eigenvalue weighted by Gasteiger charge is -1.96. The first kappa shape index (κ1) is 89.7. The van der Waals surface area contributed by atoms with E-state index in [0.29, 0.717) is 28.0 Å². The van der Waals surface area contributed by atoms with Gasteiger partial charge in [0.05, 0.1) is 109 Å². The van der Waals surface area contributed by atoms with Crippen LogP contribution in [0, 0.1) is 0 Å². The molecule has 0 atom stereocenters. The summed E-state index contributed by atoms with van der Waals surface area (Å²) in [5.74, 6) is 0. The van der Waals surface area contributed by atoms with Gasteiger partial charge in [-0.2, -0.15) is 0 Å². The van der Waals surface area contributed by atoms with Gasteiger partial charge in [0, 0.05) is 152 Å². The highest BCUT2D eigenvalue weighted by Gasteiger charge is 2.17. The lowest BCUT2D eigenvalue weighted by Crippen LogP contribution is -1.77. The molecule has 0 unspecified atom stereocenters. The predicted octanol–water partition coefficient (Wildman–Crippen LogP) is 24.8. The van der Waals surface area contributed by atoms with E-state index in [9.17, 15) is 0 Å². The van der Waals surface area contributed by atoms with Crippen LogP contribution in [0.1, 0.15) is 0 Å². The van der Waals surface area contributed by atoms with Crippen LogP contribution in [-0.4, -0.2) is 150 Å². The second-order valence-corrected chi connectivity index (χ2v) is 36.6. The minimum atomic E-state index is 0.609. The molecule has 0 aliphatic heterocycles. The number of nitrogens with zero attached hydrogens (tertiary/aromatic N) is 30. The molecule has 0 aliphatic carbocycles. The van der Waals surface area contributed by atoms with E-state index in [1.165, 1.54) is 51.8 Å². The molecule has 0 fully saturated rings. The van der Waals surface area contributed by atoms with Crippen LogP contribution in [0.3, 0.4) is 0 Å². The number of pyridine rings is 8. The van der Waals surface area contributed by atoms with Gasteiger partial charge in [-0.1, -0.05) is 60.7 Å². The smallest absolute Gasteiger partial charge is 0.229 e. The summed E-state index contributed by atoms with van der Waals surface area (Å²) in [7, 11) is 0. The van der Waals surface area contributed by atoms with Crippen molar-refractivity contribution in [1.29, 1.82) is 0 Å². The molecule has 0 radical (unpaired) electrons. The zero-order chi connectivity index (χ0) is 98.0. The normalized spacial score (nSPS) is 11.1. The van der Waals surface area contributed by atoms with Crippen LogP contribution in [0.25, 0.3) is 245 Å². The van der Waals surface area contributed by atoms with Crippen molar-refractivity contribution in [3.8, 4) is 0 Å². The van der Waals surface area contributed by atoms with Crippen molar-refractivity contribution in [1.82, 2.24) is 150 Å². The Morgan fingerprint density at radius 3 is 1.17 bits per heavy atom. The first-order valence-corrected chi connectivity index (χ1v) is 48.6. The van der Waals surface area contributed by atoms with Crippen LogP contribution in [0.2, 0.25) is 0 Å². The second-order valence-electron chi connectivity index (χ2n) is 31.3. The van der Waals surface area contributed by atoms with Crippen LogP contribution in [0.4, 0.5) is 0 Å². The Morgan fingerprint density at radius 2 is 0.503 bits per heavy atom. The number of furan rings is 6. The first-order valence-electron chi connectivity index (χ1n) is 44.5. The monoisotopic (exact) mass is 2010 g/mol. The SMILES string of the molecule is c1cc2c(cn1)oc1cncnc12.c1cc2c(cn1)sc1cncnc12.c1cc2oc3cncnc3c2cn1.c1cc2sc3cncnc3c2cn1.c1ccc2c(c1)ccc1c3ncncc3oc21.c1ccc2c(c1)oc1cncnc12.c1ccc2c(c1)sc1cncnc12.c1cnc2c(c1)oc1cncnc12.c1cnc2c(c1)sc1cncnc12.c1cnc2oc3cncnc3c2c1.c1cnc2sc3cncnc3c2c1. The maximum Gasteiger partial charge on any atom is 0.229 e. The van der Waals surface area contributed by atoms with E-state index in [1.807, 2.05) is 159 Å². The topological polar surface area (TPSA) is 466 Å². The summed E-state index contributed by atoms with van der Waals surface area (Å²) in [6.07, 6.45) is 57.3. The van der Waals surface area contributed by atoms with Gasteiger partial charge < -0.3 is 26.5 Å². The summed E-state index contributed by atoms with van der Waals surface area (Å²) in [6, 6.07) is 51.6. The molecular formula is C106H60N30O6S5. The standard InChI is InChI=1S/C14H8N2O.C10H6N2O.C10H6N2S.4C9H5N3O.4C9H5N3S/c1-2-4-10-9(3-1)5-6-11-13-12(17-14(10)11)7-15-8-16-13;2*1-2-4-8-7(3-1)10-9(13-8)5-11-6-12-10;1-2-10-3-6-7(1)13-8-4-11-5-12-9(6)8;1-2-10-3-7-6(1)9-8(13-7)4-11-5-12-9;1-2-6-8(11-3-1)9-7(13-6)4-10-5-12-9;1-2-6-8-7(4-10-5-12-8)13-9(6)11-3-1;1-2-10-3-6-7(1)13-8-4-11-5-12-9(6)8;1-2-10-3-7-6(1)9-8(13-7)4-11-5-12-9;1-2-6-8(11-3-1)9-7(13-6)4-10-5-12-9;1-2-6-8-7(4-10-5-12-8)13-9(6)11-3-1/h1-8H;2*1-6H;8*1-5H. The molecule has 0 amide bonds. The number of aromatic nitrogens is 30. The van der Waals surface area contributed by atoms with Gasteiger partial charge in [-0.05, 0) is 102 Å². The van der Waals surface area contributed by atoms with Gasteiger partial charge in [0.2, 0.25) is 5.71 Å². The highest BCUT2D eigenvalue weighted by molar-refractivity contribution is 7.27. The minimum Gasteiger partial charge on any atom is -0.453 e. The summed E-state index contributed by atoms with van der Waals surface area (Å²) in [5.41, 5.74) is 20.7. The van der Waals surface area contributed by atoms with Crippen molar-refractivity contribution in [2.75, 3.05) is 0 Å². The summed E-state index contributed by atoms with van der Waals surface area (Å²) < 4.78 is 43.6. The number of hydrogen-bond donors (Lipinski definition) is 0. The third-order valence-corrected chi connectivity index (χ3v) is 27.8. The third kappa shape index (κ3) is 18.6. The van der Waals surface area contributed by atoms with Gasteiger partial charge in [0.25, 0.3) is 0 Å². The molecule has 4 aromatic carbocycles. The minimum absolute atomic E-state index is 0.609. The number of benzene rings is 4. The Balaban J connectivity index is 0.0000000866. The van der Waals surface area contributed by atoms with Gasteiger partial charge in [-0.25, -0.2) is 120 Å². The third-order valence-electron chi connectivity index (χ3n) is 22.5. The fraction of sp³-hybridized carbons (Fsp3) is 0. The highest BCUT2D eigenvalue weighted by atomic mass is 32.1. The molecule has 0 bridgehead atoms. The fourth-order valence-electron chi connectivity index (χ4n) is 16.0. The maximum absolute atomic E-state index is 5.84. The Labute approximate surface area is 841 Å². The van der Waals surface area contributed by atoms with Crippen molar-refractivity contribution in [3.05, 3.63) is 370 Å². The van der Waals surface area contributed by atoms with E-state index in [2.05, 4.69) is 192 Å². The average Bonchev–Trinajstić information content (AvgIpc) is 1.61. The molecule has 41 heteroatoms. The fourth-order valence-corrected chi connectivity index (χ4v) is 21.0. The Hall–Kier alpha value is -19.9. The molecule has 34 rings (SSSR count). The Bertz CT molecular complexity index is 8480.